The van der Waals surface area contributed by atoms with Crippen LogP contribution >= 0.6 is 11.6 Å². The lowest BCUT2D eigenvalue weighted by atomic mass is 10.0. The van der Waals surface area contributed by atoms with E-state index in [1.54, 1.807) is 20.8 Å². The average molecular weight is 328 g/mol. The van der Waals surface area contributed by atoms with E-state index in [4.69, 9.17) is 21.1 Å². The highest BCUT2D eigenvalue weighted by Gasteiger charge is 2.37. The molecule has 1 aromatic rings. The number of carbonyl (C=O) groups excluding carboxylic acids is 1. The molecule has 1 aromatic carbocycles. The van der Waals surface area contributed by atoms with E-state index in [2.05, 4.69) is 5.32 Å². The summed E-state index contributed by atoms with van der Waals surface area (Å²) in [5.74, 6) is 0. The van der Waals surface area contributed by atoms with Crippen LogP contribution in [0.1, 0.15) is 26.3 Å². The third-order valence-corrected chi connectivity index (χ3v) is 3.63. The van der Waals surface area contributed by atoms with E-state index in [1.807, 2.05) is 24.3 Å². The van der Waals surface area contributed by atoms with Crippen LogP contribution < -0.4 is 5.32 Å². The van der Waals surface area contributed by atoms with Gasteiger partial charge in [0.05, 0.1) is 0 Å². The van der Waals surface area contributed by atoms with Gasteiger partial charge >= 0.3 is 6.16 Å². The molecule has 1 saturated heterocycles. The number of benzene rings is 1. The van der Waals surface area contributed by atoms with Gasteiger partial charge in [-0.15, -0.1) is 0 Å². The highest BCUT2D eigenvalue weighted by Crippen LogP contribution is 2.19. The van der Waals surface area contributed by atoms with Crippen LogP contribution in [0.25, 0.3) is 0 Å². The first kappa shape index (κ1) is 17.1. The minimum absolute atomic E-state index is 0.173. The molecule has 6 heteroatoms. The van der Waals surface area contributed by atoms with Crippen molar-refractivity contribution in [3.8, 4) is 0 Å². The predicted molar refractivity (Wildman–Crippen MR) is 84.1 cm³/mol. The molecule has 1 aliphatic rings. The molecule has 2 N–H and O–H groups in total. The van der Waals surface area contributed by atoms with Crippen molar-refractivity contribution in [1.29, 1.82) is 0 Å². The van der Waals surface area contributed by atoms with Crippen molar-refractivity contribution in [2.75, 3.05) is 6.54 Å². The van der Waals surface area contributed by atoms with Crippen LogP contribution in [0.4, 0.5) is 4.79 Å². The Morgan fingerprint density at radius 1 is 1.36 bits per heavy atom. The second kappa shape index (κ2) is 6.86. The SMILES string of the molecule is CC(C)(C)OC(=O)O[C@H]1CN[C@H](Cc2ccc(Cl)cc2)[C@@H]1O. The number of aliphatic hydroxyl groups is 1. The Morgan fingerprint density at radius 3 is 2.59 bits per heavy atom. The summed E-state index contributed by atoms with van der Waals surface area (Å²) >= 11 is 5.85. The van der Waals surface area contributed by atoms with E-state index in [0.29, 0.717) is 18.0 Å². The third kappa shape index (κ3) is 4.87. The van der Waals surface area contributed by atoms with E-state index in [-0.39, 0.29) is 6.04 Å². The monoisotopic (exact) mass is 327 g/mol. The van der Waals surface area contributed by atoms with Crippen molar-refractivity contribution >= 4 is 17.8 Å². The molecule has 0 saturated carbocycles. The van der Waals surface area contributed by atoms with Gasteiger partial charge in [-0.3, -0.25) is 0 Å². The maximum atomic E-state index is 11.7. The Labute approximate surface area is 135 Å². The van der Waals surface area contributed by atoms with Gasteiger partial charge in [-0.05, 0) is 44.9 Å². The Kier molecular flexibility index (Phi) is 5.32. The smallest absolute Gasteiger partial charge is 0.429 e. The first-order valence-corrected chi connectivity index (χ1v) is 7.68. The molecule has 122 valence electrons. The minimum Gasteiger partial charge on any atom is -0.429 e. The molecule has 0 aliphatic carbocycles. The summed E-state index contributed by atoms with van der Waals surface area (Å²) in [5.41, 5.74) is 0.440. The molecular weight excluding hydrogens is 306 g/mol. The normalized spacial score (nSPS) is 25.0. The summed E-state index contributed by atoms with van der Waals surface area (Å²) in [6.07, 6.45) is -1.51. The quantitative estimate of drug-likeness (QED) is 0.835. The van der Waals surface area contributed by atoms with E-state index in [1.165, 1.54) is 0 Å². The Hall–Kier alpha value is -1.30. The van der Waals surface area contributed by atoms with E-state index in [0.717, 1.165) is 5.56 Å². The molecular formula is C16H22ClNO4. The summed E-state index contributed by atoms with van der Waals surface area (Å²) in [5, 5.41) is 14.1. The molecule has 3 atom stereocenters. The van der Waals surface area contributed by atoms with Gasteiger partial charge in [-0.1, -0.05) is 23.7 Å². The molecule has 0 bridgehead atoms. The topological polar surface area (TPSA) is 67.8 Å². The number of rotatable bonds is 3. The van der Waals surface area contributed by atoms with Gasteiger partial charge in [-0.2, -0.15) is 0 Å². The zero-order valence-corrected chi connectivity index (χ0v) is 13.8. The van der Waals surface area contributed by atoms with Crippen LogP contribution in [0.2, 0.25) is 5.02 Å². The summed E-state index contributed by atoms with van der Waals surface area (Å²) in [6.45, 7) is 5.70. The lowest BCUT2D eigenvalue weighted by Crippen LogP contribution is -2.37. The summed E-state index contributed by atoms with van der Waals surface area (Å²) in [7, 11) is 0. The fourth-order valence-corrected chi connectivity index (χ4v) is 2.47. The van der Waals surface area contributed by atoms with Gasteiger partial charge in [0.25, 0.3) is 0 Å². The van der Waals surface area contributed by atoms with Crippen molar-refractivity contribution in [1.82, 2.24) is 5.32 Å². The van der Waals surface area contributed by atoms with Crippen LogP contribution in [-0.2, 0) is 15.9 Å². The second-order valence-corrected chi connectivity index (χ2v) is 6.89. The molecule has 1 aliphatic heterocycles. The van der Waals surface area contributed by atoms with Crippen molar-refractivity contribution in [2.24, 2.45) is 0 Å². The molecule has 5 nitrogen and oxygen atoms in total. The number of hydrogen-bond acceptors (Lipinski definition) is 5. The highest BCUT2D eigenvalue weighted by molar-refractivity contribution is 6.30. The van der Waals surface area contributed by atoms with Gasteiger partial charge in [0, 0.05) is 17.6 Å². The van der Waals surface area contributed by atoms with Crippen molar-refractivity contribution in [3.05, 3.63) is 34.9 Å². The summed E-state index contributed by atoms with van der Waals surface area (Å²) < 4.78 is 10.3. The van der Waals surface area contributed by atoms with Gasteiger partial charge in [0.15, 0.2) is 0 Å². The lowest BCUT2D eigenvalue weighted by molar-refractivity contribution is -0.0486. The van der Waals surface area contributed by atoms with Crippen LogP contribution in [-0.4, -0.2) is 41.7 Å². The zero-order valence-electron chi connectivity index (χ0n) is 13.0. The molecule has 0 amide bonds. The van der Waals surface area contributed by atoms with Crippen molar-refractivity contribution < 1.29 is 19.4 Å². The number of hydrogen-bond donors (Lipinski definition) is 2. The van der Waals surface area contributed by atoms with Gasteiger partial charge < -0.3 is 19.9 Å². The lowest BCUT2D eigenvalue weighted by Gasteiger charge is -2.22. The highest BCUT2D eigenvalue weighted by atomic mass is 35.5. The fraction of sp³-hybridized carbons (Fsp3) is 0.562. The standard InChI is InChI=1S/C16H22ClNO4/c1-16(2,3)22-15(20)21-13-9-18-12(14(13)19)8-10-4-6-11(17)7-5-10/h4-7,12-14,18-19H,8-9H2,1-3H3/t12-,13+,14+/m1/s1. The molecule has 22 heavy (non-hydrogen) atoms. The van der Waals surface area contributed by atoms with Crippen LogP contribution in [0.3, 0.4) is 0 Å². The number of nitrogens with one attached hydrogen (secondary N) is 1. The average Bonchev–Trinajstić information content (AvgIpc) is 2.72. The van der Waals surface area contributed by atoms with Crippen LogP contribution in [0.15, 0.2) is 24.3 Å². The molecule has 1 heterocycles. The maximum absolute atomic E-state index is 11.7. The number of carbonyl (C=O) groups is 1. The van der Waals surface area contributed by atoms with Gasteiger partial charge in [0.1, 0.15) is 17.8 Å². The predicted octanol–water partition coefficient (Wildman–Crippen LogP) is 2.54. The maximum Gasteiger partial charge on any atom is 0.509 e. The second-order valence-electron chi connectivity index (χ2n) is 6.46. The number of halogens is 1. The Balaban J connectivity index is 1.88. The Bertz CT molecular complexity index is 512. The van der Waals surface area contributed by atoms with Gasteiger partial charge in [0.2, 0.25) is 0 Å². The largest absolute Gasteiger partial charge is 0.509 e. The summed E-state index contributed by atoms with van der Waals surface area (Å²) in [4.78, 5) is 11.7. The van der Waals surface area contributed by atoms with Crippen LogP contribution in [0, 0.1) is 0 Å². The zero-order chi connectivity index (χ0) is 16.3. The minimum atomic E-state index is -0.775. The Morgan fingerprint density at radius 2 is 2.00 bits per heavy atom. The number of ether oxygens (including phenoxy) is 2. The van der Waals surface area contributed by atoms with E-state index >= 15 is 0 Å². The van der Waals surface area contributed by atoms with Crippen LogP contribution in [0.5, 0.6) is 0 Å². The first-order valence-electron chi connectivity index (χ1n) is 7.30. The third-order valence-electron chi connectivity index (χ3n) is 3.38. The molecule has 1 fully saturated rings. The van der Waals surface area contributed by atoms with Crippen molar-refractivity contribution in [2.45, 2.75) is 51.0 Å². The van der Waals surface area contributed by atoms with E-state index < -0.39 is 24.0 Å². The first-order chi connectivity index (χ1) is 10.2. The molecule has 0 aromatic heterocycles. The molecule has 0 spiro atoms. The number of aliphatic hydroxyl groups excluding tert-OH is 1. The fourth-order valence-electron chi connectivity index (χ4n) is 2.34. The molecule has 2 rings (SSSR count). The molecule has 0 unspecified atom stereocenters. The van der Waals surface area contributed by atoms with Gasteiger partial charge in [-0.25, -0.2) is 4.79 Å². The molecule has 0 radical (unpaired) electrons. The summed E-state index contributed by atoms with van der Waals surface area (Å²) in [6, 6.07) is 7.28. The van der Waals surface area contributed by atoms with E-state index in [9.17, 15) is 9.90 Å². The van der Waals surface area contributed by atoms with Crippen molar-refractivity contribution in [3.63, 3.8) is 0 Å².